The average Bonchev–Trinajstić information content (AvgIpc) is 2.94. The number of anilines is 1. The molecule has 22 heavy (non-hydrogen) atoms. The first-order valence-corrected chi connectivity index (χ1v) is 7.87. The van der Waals surface area contributed by atoms with E-state index in [1.54, 1.807) is 0 Å². The van der Waals surface area contributed by atoms with E-state index in [1.807, 2.05) is 12.1 Å². The highest BCUT2D eigenvalue weighted by molar-refractivity contribution is 5.76. The molecule has 1 heterocycles. The molecule has 3 heteroatoms. The average molecular weight is 294 g/mol. The summed E-state index contributed by atoms with van der Waals surface area (Å²) in [7, 11) is 0. The van der Waals surface area contributed by atoms with E-state index in [-0.39, 0.29) is 5.91 Å². The lowest BCUT2D eigenvalue weighted by molar-refractivity contribution is -0.121. The number of carbonyl (C=O) groups excluding carboxylic acids is 1. The Hall–Kier alpha value is -2.29. The number of nitrogens with one attached hydrogen (secondary N) is 1. The van der Waals surface area contributed by atoms with Gasteiger partial charge >= 0.3 is 0 Å². The molecule has 3 nitrogen and oxygen atoms in total. The van der Waals surface area contributed by atoms with Gasteiger partial charge in [0.1, 0.15) is 0 Å². The zero-order chi connectivity index (χ0) is 15.4. The van der Waals surface area contributed by atoms with Crippen LogP contribution < -0.4 is 10.2 Å². The Morgan fingerprint density at radius 2 is 2.05 bits per heavy atom. The first-order valence-electron chi connectivity index (χ1n) is 7.87. The molecule has 0 saturated heterocycles. The third-order valence-electron chi connectivity index (χ3n) is 4.16. The van der Waals surface area contributed by atoms with Crippen molar-refractivity contribution in [2.24, 2.45) is 0 Å². The molecule has 0 saturated carbocycles. The van der Waals surface area contributed by atoms with Crippen molar-refractivity contribution < 1.29 is 4.79 Å². The van der Waals surface area contributed by atoms with Gasteiger partial charge in [0.15, 0.2) is 0 Å². The highest BCUT2D eigenvalue weighted by atomic mass is 16.1. The number of para-hydroxylation sites is 1. The van der Waals surface area contributed by atoms with Crippen LogP contribution in [0, 0.1) is 6.92 Å². The van der Waals surface area contributed by atoms with E-state index in [4.69, 9.17) is 0 Å². The maximum Gasteiger partial charge on any atom is 0.222 e. The lowest BCUT2D eigenvalue weighted by Crippen LogP contribution is -2.29. The van der Waals surface area contributed by atoms with Crippen LogP contribution in [0.2, 0.25) is 0 Å². The first-order chi connectivity index (χ1) is 10.7. The van der Waals surface area contributed by atoms with Crippen LogP contribution in [0.25, 0.3) is 0 Å². The van der Waals surface area contributed by atoms with Gasteiger partial charge in [-0.15, -0.1) is 0 Å². The number of hydrogen-bond acceptors (Lipinski definition) is 2. The molecule has 0 fully saturated rings. The SMILES string of the molecule is Cc1cccc(CNC(=O)CCN2CCc3ccccc32)c1. The van der Waals surface area contributed by atoms with Gasteiger partial charge in [-0.2, -0.15) is 0 Å². The molecule has 0 unspecified atom stereocenters. The standard InChI is InChI=1S/C19H22N2O/c1-15-5-4-6-16(13-15)14-20-19(22)10-12-21-11-9-17-7-2-3-8-18(17)21/h2-8,13H,9-12,14H2,1H3,(H,20,22). The normalized spacial score (nSPS) is 13.0. The Morgan fingerprint density at radius 1 is 1.18 bits per heavy atom. The Labute approximate surface area is 132 Å². The van der Waals surface area contributed by atoms with Crippen molar-refractivity contribution in [3.05, 3.63) is 65.2 Å². The molecule has 0 aliphatic carbocycles. The second-order valence-electron chi connectivity index (χ2n) is 5.88. The number of fused-ring (bicyclic) bond motifs is 1. The molecule has 1 aliphatic rings. The van der Waals surface area contributed by atoms with Gasteiger partial charge in [0.05, 0.1) is 0 Å². The Bertz CT molecular complexity index is 666. The summed E-state index contributed by atoms with van der Waals surface area (Å²) in [5, 5.41) is 3.01. The highest BCUT2D eigenvalue weighted by Crippen LogP contribution is 2.27. The van der Waals surface area contributed by atoms with E-state index in [9.17, 15) is 4.79 Å². The zero-order valence-corrected chi connectivity index (χ0v) is 13.0. The molecule has 0 atom stereocenters. The van der Waals surface area contributed by atoms with Crippen LogP contribution in [0.15, 0.2) is 48.5 Å². The second-order valence-corrected chi connectivity index (χ2v) is 5.88. The van der Waals surface area contributed by atoms with Crippen LogP contribution in [-0.2, 0) is 17.8 Å². The predicted octanol–water partition coefficient (Wildman–Crippen LogP) is 3.06. The summed E-state index contributed by atoms with van der Waals surface area (Å²) < 4.78 is 0. The van der Waals surface area contributed by atoms with Crippen molar-refractivity contribution in [3.8, 4) is 0 Å². The largest absolute Gasteiger partial charge is 0.370 e. The fraction of sp³-hybridized carbons (Fsp3) is 0.316. The molecule has 3 rings (SSSR count). The number of nitrogens with zero attached hydrogens (tertiary/aromatic N) is 1. The summed E-state index contributed by atoms with van der Waals surface area (Å²) in [6.45, 7) is 4.48. The van der Waals surface area contributed by atoms with Crippen LogP contribution in [0.1, 0.15) is 23.1 Å². The van der Waals surface area contributed by atoms with Gasteiger partial charge in [0.2, 0.25) is 5.91 Å². The number of benzene rings is 2. The molecule has 0 aromatic heterocycles. The minimum atomic E-state index is 0.117. The van der Waals surface area contributed by atoms with Crippen LogP contribution in [-0.4, -0.2) is 19.0 Å². The van der Waals surface area contributed by atoms with Crippen molar-refractivity contribution in [2.75, 3.05) is 18.0 Å². The van der Waals surface area contributed by atoms with Crippen LogP contribution in [0.3, 0.4) is 0 Å². The molecule has 0 radical (unpaired) electrons. The van der Waals surface area contributed by atoms with E-state index in [1.165, 1.54) is 16.8 Å². The van der Waals surface area contributed by atoms with E-state index in [0.717, 1.165) is 25.1 Å². The number of hydrogen-bond donors (Lipinski definition) is 1. The third kappa shape index (κ3) is 3.48. The van der Waals surface area contributed by atoms with Crippen molar-refractivity contribution in [3.63, 3.8) is 0 Å². The molecular formula is C19H22N2O. The van der Waals surface area contributed by atoms with Crippen LogP contribution >= 0.6 is 0 Å². The molecular weight excluding hydrogens is 272 g/mol. The van der Waals surface area contributed by atoms with Crippen LogP contribution in [0.4, 0.5) is 5.69 Å². The quantitative estimate of drug-likeness (QED) is 0.919. The number of amides is 1. The van der Waals surface area contributed by atoms with Gasteiger partial charge in [0, 0.05) is 31.7 Å². The summed E-state index contributed by atoms with van der Waals surface area (Å²) >= 11 is 0. The van der Waals surface area contributed by atoms with Crippen molar-refractivity contribution in [1.29, 1.82) is 0 Å². The second kappa shape index (κ2) is 6.65. The summed E-state index contributed by atoms with van der Waals surface area (Å²) in [6, 6.07) is 16.7. The Kier molecular flexibility index (Phi) is 4.42. The number of aryl methyl sites for hydroxylation is 1. The van der Waals surface area contributed by atoms with E-state index >= 15 is 0 Å². The lowest BCUT2D eigenvalue weighted by atomic mass is 10.1. The number of rotatable bonds is 5. The Balaban J connectivity index is 1.47. The molecule has 1 amide bonds. The topological polar surface area (TPSA) is 32.3 Å². The number of carbonyl (C=O) groups is 1. The fourth-order valence-corrected chi connectivity index (χ4v) is 2.99. The third-order valence-corrected chi connectivity index (χ3v) is 4.16. The van der Waals surface area contributed by atoms with E-state index < -0.39 is 0 Å². The van der Waals surface area contributed by atoms with Gasteiger partial charge in [-0.25, -0.2) is 0 Å². The monoisotopic (exact) mass is 294 g/mol. The smallest absolute Gasteiger partial charge is 0.222 e. The van der Waals surface area contributed by atoms with Crippen molar-refractivity contribution in [1.82, 2.24) is 5.32 Å². The van der Waals surface area contributed by atoms with Gasteiger partial charge < -0.3 is 10.2 Å². The molecule has 114 valence electrons. The van der Waals surface area contributed by atoms with Gasteiger partial charge in [0.25, 0.3) is 0 Å². The zero-order valence-electron chi connectivity index (χ0n) is 13.0. The molecule has 1 aliphatic heterocycles. The highest BCUT2D eigenvalue weighted by Gasteiger charge is 2.18. The fourth-order valence-electron chi connectivity index (χ4n) is 2.99. The summed E-state index contributed by atoms with van der Waals surface area (Å²) in [6.07, 6.45) is 1.63. The minimum Gasteiger partial charge on any atom is -0.370 e. The summed E-state index contributed by atoms with van der Waals surface area (Å²) in [5.74, 6) is 0.117. The molecule has 0 spiro atoms. The Morgan fingerprint density at radius 3 is 2.91 bits per heavy atom. The maximum absolute atomic E-state index is 12.0. The van der Waals surface area contributed by atoms with E-state index in [0.29, 0.717) is 13.0 Å². The minimum absolute atomic E-state index is 0.117. The summed E-state index contributed by atoms with van der Waals surface area (Å²) in [4.78, 5) is 14.3. The lowest BCUT2D eigenvalue weighted by Gasteiger charge is -2.19. The van der Waals surface area contributed by atoms with Crippen molar-refractivity contribution >= 4 is 11.6 Å². The van der Waals surface area contributed by atoms with Gasteiger partial charge in [-0.05, 0) is 30.5 Å². The molecule has 2 aromatic carbocycles. The molecule has 2 aromatic rings. The van der Waals surface area contributed by atoms with Crippen molar-refractivity contribution in [2.45, 2.75) is 26.3 Å². The van der Waals surface area contributed by atoms with E-state index in [2.05, 4.69) is 53.5 Å². The first kappa shape index (κ1) is 14.6. The van der Waals surface area contributed by atoms with Gasteiger partial charge in [-0.3, -0.25) is 4.79 Å². The molecule has 1 N–H and O–H groups in total. The predicted molar refractivity (Wildman–Crippen MR) is 90.0 cm³/mol. The molecule has 0 bridgehead atoms. The van der Waals surface area contributed by atoms with Gasteiger partial charge in [-0.1, -0.05) is 48.0 Å². The van der Waals surface area contributed by atoms with Crippen LogP contribution in [0.5, 0.6) is 0 Å². The maximum atomic E-state index is 12.0. The summed E-state index contributed by atoms with van der Waals surface area (Å²) in [5.41, 5.74) is 5.05.